The molecule has 2 rings (SSSR count). The number of nitrogens with two attached hydrogens (primary N) is 1. The third kappa shape index (κ3) is 8.98. The van der Waals surface area contributed by atoms with Gasteiger partial charge in [0.2, 0.25) is 0 Å². The Balaban J connectivity index is 0.00000512. The number of aliphatic hydroxyl groups excluding tert-OH is 1. The van der Waals surface area contributed by atoms with E-state index in [-0.39, 0.29) is 42.9 Å². The Morgan fingerprint density at radius 1 is 1.03 bits per heavy atom. The fourth-order valence-electron chi connectivity index (χ4n) is 4.04. The minimum atomic E-state index is -0.854. The number of amides is 2. The van der Waals surface area contributed by atoms with Crippen LogP contribution in [0, 0.1) is 0 Å². The molecule has 0 spiro atoms. The maximum atomic E-state index is 12.3. The number of rotatable bonds is 7. The molecular formula is C25H39N4O2Re-. The average molecular weight is 614 g/mol. The van der Waals surface area contributed by atoms with Crippen LogP contribution in [0.1, 0.15) is 73.3 Å². The molecule has 1 aliphatic rings. The van der Waals surface area contributed by atoms with E-state index in [0.717, 1.165) is 41.8 Å². The number of urea groups is 1. The van der Waals surface area contributed by atoms with Crippen LogP contribution in [0.15, 0.2) is 47.7 Å². The number of hydrogen-bond acceptors (Lipinski definition) is 3. The van der Waals surface area contributed by atoms with Crippen molar-refractivity contribution in [2.75, 3.05) is 0 Å². The van der Waals surface area contributed by atoms with Gasteiger partial charge >= 0.3 is 6.03 Å². The summed E-state index contributed by atoms with van der Waals surface area (Å²) < 4.78 is 0. The van der Waals surface area contributed by atoms with Crippen molar-refractivity contribution in [3.8, 4) is 0 Å². The van der Waals surface area contributed by atoms with Gasteiger partial charge in [0.1, 0.15) is 0 Å². The minimum absolute atomic E-state index is 0. The number of aliphatic hydroxyl groups is 1. The summed E-state index contributed by atoms with van der Waals surface area (Å²) in [6.07, 6.45) is 5.08. The van der Waals surface area contributed by atoms with E-state index in [1.807, 2.05) is 71.0 Å². The SMILES string of the molecule is CC(C)(C)NC(=O)NC(C)(C)CC(C)(C)c1ccc([N-]C(O)C2=CC=C(N)CC2)cc1.[Re]. The van der Waals surface area contributed by atoms with Gasteiger partial charge in [-0.25, -0.2) is 4.79 Å². The molecule has 0 aromatic heterocycles. The summed E-state index contributed by atoms with van der Waals surface area (Å²) in [7, 11) is 0. The van der Waals surface area contributed by atoms with Crippen LogP contribution in [0.3, 0.4) is 0 Å². The Hall–Kier alpha value is -1.81. The Morgan fingerprint density at radius 2 is 1.62 bits per heavy atom. The second-order valence-corrected chi connectivity index (χ2v) is 10.8. The van der Waals surface area contributed by atoms with Crippen molar-refractivity contribution in [3.63, 3.8) is 0 Å². The molecule has 5 N–H and O–H groups in total. The number of benzene rings is 1. The molecule has 179 valence electrons. The van der Waals surface area contributed by atoms with E-state index in [0.29, 0.717) is 0 Å². The second kappa shape index (κ2) is 10.9. The third-order valence-corrected chi connectivity index (χ3v) is 5.29. The molecule has 1 radical (unpaired) electrons. The Bertz CT molecular complexity index is 836. The Morgan fingerprint density at radius 3 is 2.12 bits per heavy atom. The van der Waals surface area contributed by atoms with Crippen molar-refractivity contribution in [2.45, 2.75) is 90.4 Å². The first-order valence-corrected chi connectivity index (χ1v) is 10.9. The van der Waals surface area contributed by atoms with Gasteiger partial charge in [-0.2, -0.15) is 0 Å². The largest absolute Gasteiger partial charge is 0.656 e. The molecule has 0 fully saturated rings. The molecule has 0 heterocycles. The van der Waals surface area contributed by atoms with E-state index < -0.39 is 6.23 Å². The van der Waals surface area contributed by atoms with Crippen molar-refractivity contribution in [3.05, 3.63) is 58.6 Å². The number of carbonyl (C=O) groups excluding carboxylic acids is 1. The first-order chi connectivity index (χ1) is 14.2. The van der Waals surface area contributed by atoms with Crippen LogP contribution < -0.4 is 16.4 Å². The zero-order valence-corrected chi connectivity index (χ0v) is 23.1. The smallest absolute Gasteiger partial charge is 0.315 e. The molecule has 1 aliphatic carbocycles. The standard InChI is InChI=1S/C25H39N4O2.Re/c1-23(2,3)28-22(31)29-25(6,7)16-24(4,5)18-10-14-20(15-11-18)27-21(30)17-8-12-19(26)13-9-17;/h8,10-12,14-15,21,30H,9,13,16,26H2,1-7H3,(H2,28,29,31);/q-1;. The number of hydrogen-bond donors (Lipinski definition) is 4. The van der Waals surface area contributed by atoms with Gasteiger partial charge in [-0.3, -0.25) is 0 Å². The maximum Gasteiger partial charge on any atom is 0.315 e. The normalized spacial score (nSPS) is 15.6. The van der Waals surface area contributed by atoms with Gasteiger partial charge in [0.05, 0.1) is 0 Å². The van der Waals surface area contributed by atoms with E-state index in [9.17, 15) is 9.90 Å². The third-order valence-electron chi connectivity index (χ3n) is 5.29. The van der Waals surface area contributed by atoms with Crippen LogP contribution >= 0.6 is 0 Å². The summed E-state index contributed by atoms with van der Waals surface area (Å²) in [6.45, 7) is 14.3. The molecule has 0 saturated carbocycles. The number of carbonyl (C=O) groups is 1. The van der Waals surface area contributed by atoms with E-state index >= 15 is 0 Å². The van der Waals surface area contributed by atoms with Crippen LogP contribution in [-0.2, 0) is 25.8 Å². The molecule has 0 saturated heterocycles. The molecule has 1 aromatic carbocycles. The van der Waals surface area contributed by atoms with Crippen molar-refractivity contribution in [1.29, 1.82) is 0 Å². The minimum Gasteiger partial charge on any atom is -0.656 e. The van der Waals surface area contributed by atoms with E-state index in [2.05, 4.69) is 29.8 Å². The van der Waals surface area contributed by atoms with Gasteiger partial charge in [0.25, 0.3) is 0 Å². The molecule has 1 aromatic rings. The van der Waals surface area contributed by atoms with E-state index in [1.165, 1.54) is 0 Å². The topological polar surface area (TPSA) is 101 Å². The quantitative estimate of drug-likeness (QED) is 0.344. The van der Waals surface area contributed by atoms with Crippen molar-refractivity contribution < 1.29 is 30.3 Å². The van der Waals surface area contributed by atoms with Gasteiger partial charge in [-0.1, -0.05) is 49.8 Å². The zero-order valence-electron chi connectivity index (χ0n) is 20.4. The molecule has 1 atom stereocenters. The molecule has 32 heavy (non-hydrogen) atoms. The van der Waals surface area contributed by atoms with Crippen LogP contribution in [0.25, 0.3) is 5.32 Å². The predicted molar refractivity (Wildman–Crippen MR) is 128 cm³/mol. The van der Waals surface area contributed by atoms with Gasteiger partial charge in [0, 0.05) is 43.4 Å². The summed E-state index contributed by atoms with van der Waals surface area (Å²) in [5.41, 5.74) is 8.54. The predicted octanol–water partition coefficient (Wildman–Crippen LogP) is 5.11. The fourth-order valence-corrected chi connectivity index (χ4v) is 4.04. The second-order valence-electron chi connectivity index (χ2n) is 10.8. The number of nitrogens with zero attached hydrogens (tertiary/aromatic N) is 1. The van der Waals surface area contributed by atoms with Crippen molar-refractivity contribution in [1.82, 2.24) is 10.6 Å². The summed E-state index contributed by atoms with van der Waals surface area (Å²) in [5, 5.41) is 20.9. The summed E-state index contributed by atoms with van der Waals surface area (Å²) >= 11 is 0. The van der Waals surface area contributed by atoms with Crippen LogP contribution in [0.5, 0.6) is 0 Å². The monoisotopic (exact) mass is 614 g/mol. The number of allylic oxidation sites excluding steroid dienone is 3. The summed E-state index contributed by atoms with van der Waals surface area (Å²) in [4.78, 5) is 12.3. The first-order valence-electron chi connectivity index (χ1n) is 10.9. The summed E-state index contributed by atoms with van der Waals surface area (Å²) in [5.74, 6) is 0. The molecule has 0 aliphatic heterocycles. The Labute approximate surface area is 207 Å². The fraction of sp³-hybridized carbons (Fsp3) is 0.560. The molecule has 1 unspecified atom stereocenters. The van der Waals surface area contributed by atoms with Gasteiger partial charge in [0.15, 0.2) is 0 Å². The number of nitrogens with one attached hydrogen (secondary N) is 2. The van der Waals surface area contributed by atoms with Crippen LogP contribution in [-0.4, -0.2) is 28.4 Å². The molecule has 6 nitrogen and oxygen atoms in total. The average Bonchev–Trinajstić information content (AvgIpc) is 2.59. The molecule has 0 bridgehead atoms. The van der Waals surface area contributed by atoms with Crippen molar-refractivity contribution >= 4 is 11.7 Å². The first kappa shape index (κ1) is 28.2. The summed E-state index contributed by atoms with van der Waals surface area (Å²) in [6, 6.07) is 7.79. The van der Waals surface area contributed by atoms with E-state index in [1.54, 1.807) is 0 Å². The Kier molecular flexibility index (Phi) is 9.59. The van der Waals surface area contributed by atoms with Gasteiger partial charge < -0.3 is 26.8 Å². The van der Waals surface area contributed by atoms with Gasteiger partial charge in [-0.15, -0.1) is 5.69 Å². The van der Waals surface area contributed by atoms with Gasteiger partial charge in [-0.05, 0) is 70.9 Å². The molecule has 7 heteroatoms. The zero-order chi connectivity index (χ0) is 23.4. The van der Waals surface area contributed by atoms with Crippen molar-refractivity contribution in [2.24, 2.45) is 5.73 Å². The van der Waals surface area contributed by atoms with Crippen LogP contribution in [0.2, 0.25) is 0 Å². The molecule has 2 amide bonds. The van der Waals surface area contributed by atoms with Crippen LogP contribution in [0.4, 0.5) is 10.5 Å². The molecular weight excluding hydrogens is 575 g/mol. The van der Waals surface area contributed by atoms with E-state index in [4.69, 9.17) is 5.73 Å². The maximum absolute atomic E-state index is 12.3.